The molecule has 6 heteroatoms. The summed E-state index contributed by atoms with van der Waals surface area (Å²) in [6.07, 6.45) is 4.66. The number of para-hydroxylation sites is 2. The van der Waals surface area contributed by atoms with Crippen LogP contribution in [0.2, 0.25) is 0 Å². The molecule has 15 aromatic carbocycles. The fraction of sp³-hybridized carbons (Fsp3) is 0.211. The first-order valence-corrected chi connectivity index (χ1v) is 43.6. The zero-order valence-electron chi connectivity index (χ0n) is 71.7. The Hall–Kier alpha value is -12.6. The van der Waals surface area contributed by atoms with Crippen molar-refractivity contribution in [2.75, 3.05) is 9.80 Å². The summed E-state index contributed by atoms with van der Waals surface area (Å²) in [5.41, 5.74) is 39.1. The van der Waals surface area contributed by atoms with Crippen LogP contribution in [0.15, 0.2) is 315 Å². The Morgan fingerprint density at radius 1 is 0.233 bits per heavy atom. The zero-order valence-corrected chi connectivity index (χ0v) is 71.7. The second-order valence-electron chi connectivity index (χ2n) is 39.8. The zero-order chi connectivity index (χ0) is 82.0. The van der Waals surface area contributed by atoms with Crippen LogP contribution in [0.25, 0.3) is 127 Å². The van der Waals surface area contributed by atoms with Crippen molar-refractivity contribution in [3.8, 4) is 61.6 Å². The fourth-order valence-electron chi connectivity index (χ4n) is 21.4. The molecule has 0 unspecified atom stereocenters. The van der Waals surface area contributed by atoms with Crippen molar-refractivity contribution in [1.29, 1.82) is 0 Å². The van der Waals surface area contributed by atoms with Crippen molar-refractivity contribution in [3.05, 3.63) is 349 Å². The van der Waals surface area contributed by atoms with Gasteiger partial charge in [-0.25, -0.2) is 0 Å². The minimum Gasteiger partial charge on any atom is -0.311 e. The Morgan fingerprint density at radius 2 is 0.533 bits per heavy atom. The Morgan fingerprint density at radius 3 is 0.933 bits per heavy atom. The molecule has 0 fully saturated rings. The first-order valence-electron chi connectivity index (χ1n) is 43.6. The first kappa shape index (κ1) is 73.7. The molecule has 0 atom stereocenters. The van der Waals surface area contributed by atoms with E-state index in [4.69, 9.17) is 0 Å². The number of anilines is 6. The molecule has 22 rings (SSSR count). The molecule has 2 aliphatic carbocycles. The van der Waals surface area contributed by atoms with Gasteiger partial charge in [-0.3, -0.25) is 0 Å². The van der Waals surface area contributed by atoms with Crippen molar-refractivity contribution < 1.29 is 0 Å². The van der Waals surface area contributed by atoms with Gasteiger partial charge in [-0.15, -0.1) is 0 Å². The maximum atomic E-state index is 2.66. The summed E-state index contributed by atoms with van der Waals surface area (Å²) in [5.74, 6) is 0. The lowest BCUT2D eigenvalue weighted by Gasteiger charge is -2.44. The lowest BCUT2D eigenvalue weighted by atomic mass is 9.33. The molecule has 3 aromatic heterocycles. The van der Waals surface area contributed by atoms with E-state index < -0.39 is 0 Å². The summed E-state index contributed by atoms with van der Waals surface area (Å²) in [4.78, 5) is 5.31. The Kier molecular flexibility index (Phi) is 16.2. The van der Waals surface area contributed by atoms with Crippen molar-refractivity contribution in [1.82, 2.24) is 13.7 Å². The molecule has 0 radical (unpaired) electrons. The highest BCUT2D eigenvalue weighted by Crippen LogP contribution is 2.53. The van der Waals surface area contributed by atoms with Crippen LogP contribution in [-0.4, -0.2) is 20.4 Å². The largest absolute Gasteiger partial charge is 0.311 e. The lowest BCUT2D eigenvalue weighted by molar-refractivity contribution is 0.332. The molecule has 586 valence electrons. The van der Waals surface area contributed by atoms with E-state index in [2.05, 4.69) is 436 Å². The minimum absolute atomic E-state index is 0.0415. The molecular formula is C114H102BN5. The smallest absolute Gasteiger partial charge is 0.252 e. The first-order chi connectivity index (χ1) is 57.7. The summed E-state index contributed by atoms with van der Waals surface area (Å²) < 4.78 is 7.66. The molecule has 0 saturated heterocycles. The third kappa shape index (κ3) is 11.5. The van der Waals surface area contributed by atoms with E-state index in [1.54, 1.807) is 0 Å². The number of rotatable bonds is 9. The average molecular weight is 1550 g/mol. The standard InChI is InChI=1S/C114H102BN5/c1-109(2,3)79-41-55-102-90(65-79)86-29-21-23-31-98(86)118(102)83-47-51-96-104(67-83)116(81-43-33-73(34-44-81)77-37-49-92-94(63-77)113(11,12)59-57-111(92,7)8)106-69-85(120-100-53-39-75(71-25-17-15-18-26-71)61-88(100)89-62-76(40-54-101(89)120)72-27-19-16-20-28-72)70-107-108(106)115(96)97-52-48-84(119-99-32-24-22-30-87(99)91-66-80(110(4,5)6)42-56-103(91)119)68-105(97)117(107)82-45-35-74(36-46-82)78-38-50-93-95(64-78)114(13,14)60-58-112(93,9)10/h15-56,61-70H,57-60H2,1-14H3. The highest BCUT2D eigenvalue weighted by Gasteiger charge is 2.46. The predicted octanol–water partition coefficient (Wildman–Crippen LogP) is 29.0. The number of hydrogen-bond acceptors (Lipinski definition) is 2. The third-order valence-corrected chi connectivity index (χ3v) is 28.5. The minimum atomic E-state index is -0.227. The molecule has 0 N–H and O–H groups in total. The van der Waals surface area contributed by atoms with Crippen LogP contribution in [-0.2, 0) is 32.5 Å². The predicted molar refractivity (Wildman–Crippen MR) is 513 cm³/mol. The van der Waals surface area contributed by atoms with Gasteiger partial charge in [-0.05, 0) is 274 Å². The van der Waals surface area contributed by atoms with Gasteiger partial charge in [0.05, 0.1) is 38.8 Å². The monoisotopic (exact) mass is 1550 g/mol. The Labute approximate surface area is 706 Å². The normalized spacial score (nSPS) is 15.7. The van der Waals surface area contributed by atoms with Gasteiger partial charge >= 0.3 is 0 Å². The van der Waals surface area contributed by atoms with Crippen molar-refractivity contribution in [2.24, 2.45) is 0 Å². The topological polar surface area (TPSA) is 21.3 Å². The van der Waals surface area contributed by atoms with Crippen molar-refractivity contribution >= 4 is 123 Å². The van der Waals surface area contributed by atoms with Gasteiger partial charge in [-0.2, -0.15) is 0 Å². The van der Waals surface area contributed by atoms with Gasteiger partial charge in [0.25, 0.3) is 6.71 Å². The fourth-order valence-corrected chi connectivity index (χ4v) is 21.4. The Bertz CT molecular complexity index is 6860. The number of nitrogens with zero attached hydrogens (tertiary/aromatic N) is 5. The van der Waals surface area contributed by atoms with Gasteiger partial charge < -0.3 is 23.5 Å². The van der Waals surface area contributed by atoms with Gasteiger partial charge in [-0.1, -0.05) is 291 Å². The molecule has 0 saturated carbocycles. The van der Waals surface area contributed by atoms with Gasteiger partial charge in [0.2, 0.25) is 0 Å². The number of fused-ring (bicyclic) bond motifs is 15. The van der Waals surface area contributed by atoms with E-state index in [9.17, 15) is 0 Å². The number of benzene rings is 15. The average Bonchev–Trinajstić information content (AvgIpc) is 0.822. The molecule has 18 aromatic rings. The van der Waals surface area contributed by atoms with E-state index in [-0.39, 0.29) is 39.2 Å². The van der Waals surface area contributed by atoms with Crippen LogP contribution >= 0.6 is 0 Å². The SMILES string of the molecule is CC(C)(C)c1ccc2c(c1)c1ccccc1n2-c1ccc2c(c1)N(c1ccc(-c3ccc4c(c3)C(C)(C)CCC4(C)C)cc1)c1cc(-n3c4ccc(-c5ccccc5)cc4c4cc(-c5ccccc5)ccc43)cc3c1B2c1ccc(-n2c4ccccc4c4cc(C(C)(C)C)ccc42)cc1N3c1ccc(-c2ccc3c(c2)C(C)(C)CCC3(C)C)cc1. The summed E-state index contributed by atoms with van der Waals surface area (Å²) in [5, 5.41) is 7.40. The second-order valence-corrected chi connectivity index (χ2v) is 39.8. The van der Waals surface area contributed by atoms with Crippen LogP contribution < -0.4 is 26.2 Å². The van der Waals surface area contributed by atoms with Crippen LogP contribution in [0.3, 0.4) is 0 Å². The quantitative estimate of drug-likeness (QED) is 0.134. The van der Waals surface area contributed by atoms with E-state index >= 15 is 0 Å². The Balaban J connectivity index is 0.845. The summed E-state index contributed by atoms with van der Waals surface area (Å²) in [6.45, 7) is 33.3. The van der Waals surface area contributed by atoms with E-state index in [1.165, 1.54) is 162 Å². The second kappa shape index (κ2) is 26.4. The van der Waals surface area contributed by atoms with Crippen LogP contribution in [0.4, 0.5) is 34.1 Å². The van der Waals surface area contributed by atoms with Gasteiger partial charge in [0.1, 0.15) is 0 Å². The van der Waals surface area contributed by atoms with E-state index in [0.717, 1.165) is 75.1 Å². The highest BCUT2D eigenvalue weighted by atomic mass is 15.2. The van der Waals surface area contributed by atoms with Gasteiger partial charge in [0, 0.05) is 77.8 Å². The van der Waals surface area contributed by atoms with Gasteiger partial charge in [0.15, 0.2) is 0 Å². The van der Waals surface area contributed by atoms with Crippen LogP contribution in [0.5, 0.6) is 0 Å². The molecule has 2 aliphatic heterocycles. The molecule has 5 heterocycles. The molecular weight excluding hydrogens is 1450 g/mol. The van der Waals surface area contributed by atoms with E-state index in [1.807, 2.05) is 0 Å². The van der Waals surface area contributed by atoms with Crippen LogP contribution in [0.1, 0.15) is 156 Å². The third-order valence-electron chi connectivity index (χ3n) is 28.5. The van der Waals surface area contributed by atoms with Crippen LogP contribution in [0, 0.1) is 0 Å². The molecule has 4 aliphatic rings. The maximum Gasteiger partial charge on any atom is 0.252 e. The molecule has 0 amide bonds. The lowest BCUT2D eigenvalue weighted by Crippen LogP contribution is -2.61. The summed E-state index contributed by atoms with van der Waals surface area (Å²) >= 11 is 0. The van der Waals surface area contributed by atoms with E-state index in [0.29, 0.717) is 0 Å². The molecule has 0 spiro atoms. The number of aromatic nitrogens is 3. The van der Waals surface area contributed by atoms with Crippen molar-refractivity contribution in [2.45, 2.75) is 155 Å². The molecule has 120 heavy (non-hydrogen) atoms. The molecule has 0 bridgehead atoms. The van der Waals surface area contributed by atoms with Crippen molar-refractivity contribution in [3.63, 3.8) is 0 Å². The summed E-state index contributed by atoms with van der Waals surface area (Å²) in [7, 11) is 0. The maximum absolute atomic E-state index is 2.66. The molecule has 5 nitrogen and oxygen atoms in total. The number of hydrogen-bond donors (Lipinski definition) is 0. The summed E-state index contributed by atoms with van der Waals surface area (Å²) in [6, 6.07) is 123. The highest BCUT2D eigenvalue weighted by molar-refractivity contribution is 7.00.